The summed E-state index contributed by atoms with van der Waals surface area (Å²) in [5.74, 6) is 2.76. The highest BCUT2D eigenvalue weighted by Crippen LogP contribution is 2.32. The SMILES string of the molecule is C#CCN1C(=O)S/C(=C/c2ccn(-c3ccc(OC)cc3)c2)C1=O. The number of amides is 2. The van der Waals surface area contributed by atoms with Gasteiger partial charge in [0.05, 0.1) is 18.6 Å². The number of nitrogens with zero attached hydrogens (tertiary/aromatic N) is 2. The summed E-state index contributed by atoms with van der Waals surface area (Å²) in [6, 6.07) is 9.49. The number of hydrogen-bond acceptors (Lipinski definition) is 4. The van der Waals surface area contributed by atoms with Crippen molar-refractivity contribution in [2.75, 3.05) is 13.7 Å². The molecule has 0 saturated carbocycles. The zero-order chi connectivity index (χ0) is 17.1. The van der Waals surface area contributed by atoms with Gasteiger partial charge < -0.3 is 9.30 Å². The van der Waals surface area contributed by atoms with Crippen LogP contribution in [0.2, 0.25) is 0 Å². The fourth-order valence-electron chi connectivity index (χ4n) is 2.29. The number of hydrogen-bond donors (Lipinski definition) is 0. The van der Waals surface area contributed by atoms with Crippen LogP contribution in [0.1, 0.15) is 5.56 Å². The van der Waals surface area contributed by atoms with Crippen LogP contribution < -0.4 is 4.74 Å². The van der Waals surface area contributed by atoms with Gasteiger partial charge in [-0.2, -0.15) is 0 Å². The minimum atomic E-state index is -0.347. The number of aromatic nitrogens is 1. The molecule has 5 nitrogen and oxygen atoms in total. The number of methoxy groups -OCH3 is 1. The van der Waals surface area contributed by atoms with E-state index in [1.165, 1.54) is 0 Å². The van der Waals surface area contributed by atoms with Crippen molar-refractivity contribution in [2.24, 2.45) is 0 Å². The Morgan fingerprint density at radius 2 is 2.00 bits per heavy atom. The molecule has 6 heteroatoms. The lowest BCUT2D eigenvalue weighted by molar-refractivity contribution is -0.122. The van der Waals surface area contributed by atoms with E-state index in [0.29, 0.717) is 4.91 Å². The molecule has 2 aromatic rings. The van der Waals surface area contributed by atoms with Gasteiger partial charge in [-0.3, -0.25) is 14.5 Å². The standard InChI is InChI=1S/C18H14N2O3S/c1-3-9-20-17(21)16(24-18(20)22)11-13-8-10-19(12-13)14-4-6-15(23-2)7-5-14/h1,4-8,10-12H,9H2,2H3/b16-11+. The molecule has 1 aliphatic heterocycles. The molecule has 2 amide bonds. The predicted octanol–water partition coefficient (Wildman–Crippen LogP) is 3.16. The maximum absolute atomic E-state index is 12.2. The van der Waals surface area contributed by atoms with Gasteiger partial charge in [0.2, 0.25) is 0 Å². The third kappa shape index (κ3) is 3.07. The molecule has 0 spiro atoms. The Labute approximate surface area is 143 Å². The van der Waals surface area contributed by atoms with E-state index in [-0.39, 0.29) is 17.7 Å². The van der Waals surface area contributed by atoms with Gasteiger partial charge in [-0.15, -0.1) is 6.42 Å². The van der Waals surface area contributed by atoms with Crippen LogP contribution in [0.4, 0.5) is 4.79 Å². The van der Waals surface area contributed by atoms with Crippen LogP contribution in [0.15, 0.2) is 47.6 Å². The van der Waals surface area contributed by atoms with Crippen LogP contribution >= 0.6 is 11.8 Å². The van der Waals surface area contributed by atoms with Gasteiger partial charge >= 0.3 is 0 Å². The monoisotopic (exact) mass is 338 g/mol. The van der Waals surface area contributed by atoms with Crippen LogP contribution in [-0.2, 0) is 4.79 Å². The van der Waals surface area contributed by atoms with Crippen molar-refractivity contribution in [3.63, 3.8) is 0 Å². The fourth-order valence-corrected chi connectivity index (χ4v) is 3.13. The minimum Gasteiger partial charge on any atom is -0.497 e. The Morgan fingerprint density at radius 1 is 1.25 bits per heavy atom. The van der Waals surface area contributed by atoms with E-state index in [1.807, 2.05) is 47.3 Å². The van der Waals surface area contributed by atoms with Gasteiger partial charge in [0.15, 0.2) is 0 Å². The second kappa shape index (κ2) is 6.69. The Bertz CT molecular complexity index is 859. The van der Waals surface area contributed by atoms with Crippen molar-refractivity contribution >= 4 is 29.0 Å². The molecule has 0 radical (unpaired) electrons. The zero-order valence-electron chi connectivity index (χ0n) is 12.9. The van der Waals surface area contributed by atoms with E-state index in [1.54, 1.807) is 13.2 Å². The van der Waals surface area contributed by atoms with Crippen molar-refractivity contribution in [3.05, 3.63) is 53.2 Å². The summed E-state index contributed by atoms with van der Waals surface area (Å²) in [6.07, 6.45) is 10.7. The Hall–Kier alpha value is -2.91. The summed E-state index contributed by atoms with van der Waals surface area (Å²) < 4.78 is 7.07. The largest absolute Gasteiger partial charge is 0.497 e. The van der Waals surface area contributed by atoms with Gasteiger partial charge in [-0.05, 0) is 53.7 Å². The van der Waals surface area contributed by atoms with E-state index in [4.69, 9.17) is 11.2 Å². The highest BCUT2D eigenvalue weighted by Gasteiger charge is 2.34. The van der Waals surface area contributed by atoms with Crippen molar-refractivity contribution in [1.82, 2.24) is 9.47 Å². The van der Waals surface area contributed by atoms with E-state index < -0.39 is 0 Å². The lowest BCUT2D eigenvalue weighted by Crippen LogP contribution is -2.28. The number of thioether (sulfide) groups is 1. The number of ether oxygens (including phenoxy) is 1. The van der Waals surface area contributed by atoms with Gasteiger partial charge in [-0.1, -0.05) is 5.92 Å². The quantitative estimate of drug-likeness (QED) is 0.635. The molecule has 24 heavy (non-hydrogen) atoms. The maximum atomic E-state index is 12.2. The molecule has 3 rings (SSSR count). The average molecular weight is 338 g/mol. The van der Waals surface area contributed by atoms with Gasteiger partial charge in [0.1, 0.15) is 5.75 Å². The molecule has 1 saturated heterocycles. The third-order valence-corrected chi connectivity index (χ3v) is 4.41. The van der Waals surface area contributed by atoms with Crippen molar-refractivity contribution in [3.8, 4) is 23.8 Å². The Morgan fingerprint density at radius 3 is 2.67 bits per heavy atom. The number of rotatable bonds is 4. The number of carbonyl (C=O) groups excluding carboxylic acids is 2. The first kappa shape index (κ1) is 16.0. The molecule has 0 atom stereocenters. The third-order valence-electron chi connectivity index (χ3n) is 3.51. The fraction of sp³-hybridized carbons (Fsp3) is 0.111. The molecule has 1 aliphatic rings. The molecule has 2 heterocycles. The number of terminal acetylenes is 1. The van der Waals surface area contributed by atoms with E-state index >= 15 is 0 Å². The summed E-state index contributed by atoms with van der Waals surface area (Å²) in [6.45, 7) is -0.00509. The first-order chi connectivity index (χ1) is 11.6. The summed E-state index contributed by atoms with van der Waals surface area (Å²) in [5, 5.41) is -0.334. The molecule has 1 aromatic carbocycles. The van der Waals surface area contributed by atoms with E-state index in [2.05, 4.69) is 5.92 Å². The molecule has 0 unspecified atom stereocenters. The van der Waals surface area contributed by atoms with Crippen LogP contribution in [-0.4, -0.2) is 34.3 Å². The van der Waals surface area contributed by atoms with E-state index in [0.717, 1.165) is 33.7 Å². The molecular weight excluding hydrogens is 324 g/mol. The summed E-state index contributed by atoms with van der Waals surface area (Å²) in [4.78, 5) is 25.4. The van der Waals surface area contributed by atoms with Crippen LogP contribution in [0, 0.1) is 12.3 Å². The van der Waals surface area contributed by atoms with Crippen LogP contribution in [0.3, 0.4) is 0 Å². The molecule has 1 fully saturated rings. The lowest BCUT2D eigenvalue weighted by atomic mass is 10.3. The van der Waals surface area contributed by atoms with Gasteiger partial charge in [0, 0.05) is 18.1 Å². The molecule has 120 valence electrons. The predicted molar refractivity (Wildman–Crippen MR) is 93.8 cm³/mol. The number of benzene rings is 1. The number of imide groups is 1. The second-order valence-electron chi connectivity index (χ2n) is 5.02. The average Bonchev–Trinajstić information content (AvgIpc) is 3.16. The molecule has 1 aromatic heterocycles. The van der Waals surface area contributed by atoms with Crippen LogP contribution in [0.5, 0.6) is 5.75 Å². The molecule has 0 N–H and O–H groups in total. The molecular formula is C18H14N2O3S. The Kier molecular flexibility index (Phi) is 4.45. The molecule has 0 aliphatic carbocycles. The highest BCUT2D eigenvalue weighted by atomic mass is 32.2. The Balaban J connectivity index is 1.82. The topological polar surface area (TPSA) is 51.5 Å². The zero-order valence-corrected chi connectivity index (χ0v) is 13.7. The van der Waals surface area contributed by atoms with Gasteiger partial charge in [-0.25, -0.2) is 0 Å². The molecule has 0 bridgehead atoms. The minimum absolute atomic E-state index is 0.00509. The van der Waals surface area contributed by atoms with Crippen molar-refractivity contribution < 1.29 is 14.3 Å². The summed E-state index contributed by atoms with van der Waals surface area (Å²) >= 11 is 0.904. The maximum Gasteiger partial charge on any atom is 0.294 e. The summed E-state index contributed by atoms with van der Waals surface area (Å²) in [5.41, 5.74) is 1.80. The normalized spacial score (nSPS) is 15.8. The van der Waals surface area contributed by atoms with E-state index in [9.17, 15) is 9.59 Å². The first-order valence-corrected chi connectivity index (χ1v) is 7.95. The van der Waals surface area contributed by atoms with Crippen LogP contribution in [0.25, 0.3) is 11.8 Å². The first-order valence-electron chi connectivity index (χ1n) is 7.13. The summed E-state index contributed by atoms with van der Waals surface area (Å²) in [7, 11) is 1.62. The van der Waals surface area contributed by atoms with Crippen molar-refractivity contribution in [2.45, 2.75) is 0 Å². The highest BCUT2D eigenvalue weighted by molar-refractivity contribution is 8.18. The second-order valence-corrected chi connectivity index (χ2v) is 6.02. The smallest absolute Gasteiger partial charge is 0.294 e. The van der Waals surface area contributed by atoms with Crippen molar-refractivity contribution in [1.29, 1.82) is 0 Å². The van der Waals surface area contributed by atoms with Gasteiger partial charge in [0.25, 0.3) is 11.1 Å². The number of carbonyl (C=O) groups is 2. The lowest BCUT2D eigenvalue weighted by Gasteiger charge is -2.06.